The van der Waals surface area contributed by atoms with Crippen molar-refractivity contribution in [2.45, 2.75) is 38.8 Å². The van der Waals surface area contributed by atoms with Crippen LogP contribution >= 0.6 is 0 Å². The molecule has 2 fully saturated rings. The third-order valence-corrected chi connectivity index (χ3v) is 4.41. The summed E-state index contributed by atoms with van der Waals surface area (Å²) in [5.74, 6) is -0.337. The lowest BCUT2D eigenvalue weighted by Crippen LogP contribution is -2.57. The molecule has 2 aliphatic rings. The third-order valence-electron chi connectivity index (χ3n) is 4.41. The van der Waals surface area contributed by atoms with Crippen LogP contribution in [0.15, 0.2) is 0 Å². The van der Waals surface area contributed by atoms with Crippen molar-refractivity contribution < 1.29 is 9.59 Å². The van der Waals surface area contributed by atoms with Gasteiger partial charge in [-0.2, -0.15) is 0 Å². The number of piperidine rings is 1. The number of carbonyl (C=O) groups is 2. The zero-order valence-corrected chi connectivity index (χ0v) is 12.5. The molecule has 2 saturated heterocycles. The van der Waals surface area contributed by atoms with Crippen molar-refractivity contribution in [2.24, 2.45) is 11.7 Å². The first-order valence-corrected chi connectivity index (χ1v) is 7.52. The summed E-state index contributed by atoms with van der Waals surface area (Å²) in [5.41, 5.74) is 5.36. The Balaban J connectivity index is 1.89. The number of nitrogens with zero attached hydrogens (tertiary/aromatic N) is 2. The van der Waals surface area contributed by atoms with Gasteiger partial charge in [-0.15, -0.1) is 0 Å². The zero-order valence-electron chi connectivity index (χ0n) is 12.5. The Kier molecular flexibility index (Phi) is 4.99. The van der Waals surface area contributed by atoms with Gasteiger partial charge in [0.25, 0.3) is 0 Å². The van der Waals surface area contributed by atoms with E-state index in [9.17, 15) is 9.59 Å². The van der Waals surface area contributed by atoms with Gasteiger partial charge in [0.15, 0.2) is 0 Å². The highest BCUT2D eigenvalue weighted by Crippen LogP contribution is 2.17. The molecule has 6 nitrogen and oxygen atoms in total. The normalized spacial score (nSPS) is 32.1. The molecule has 0 aromatic heterocycles. The van der Waals surface area contributed by atoms with E-state index in [1.807, 2.05) is 0 Å². The number of likely N-dealkylation sites (tertiary alicyclic amines) is 1. The van der Waals surface area contributed by atoms with Crippen LogP contribution in [0.2, 0.25) is 0 Å². The zero-order chi connectivity index (χ0) is 14.7. The van der Waals surface area contributed by atoms with E-state index >= 15 is 0 Å². The van der Waals surface area contributed by atoms with Crippen LogP contribution in [0.3, 0.4) is 0 Å². The van der Waals surface area contributed by atoms with Gasteiger partial charge >= 0.3 is 0 Å². The van der Waals surface area contributed by atoms with E-state index in [0.29, 0.717) is 25.2 Å². The molecule has 0 aliphatic carbocycles. The van der Waals surface area contributed by atoms with Gasteiger partial charge in [-0.1, -0.05) is 0 Å². The van der Waals surface area contributed by atoms with E-state index in [4.69, 9.17) is 5.73 Å². The second kappa shape index (κ2) is 6.54. The van der Waals surface area contributed by atoms with Gasteiger partial charge in [-0.25, -0.2) is 0 Å². The topological polar surface area (TPSA) is 78.7 Å². The highest BCUT2D eigenvalue weighted by atomic mass is 16.2. The highest BCUT2D eigenvalue weighted by molar-refractivity contribution is 5.81. The van der Waals surface area contributed by atoms with Crippen molar-refractivity contribution in [2.75, 3.05) is 32.7 Å². The molecule has 2 rings (SSSR count). The Bertz CT molecular complexity index is 374. The SMILES string of the molecule is CC1CN(CC(=O)N2CCCC(C(N)=O)C2)C(C)CN1. The van der Waals surface area contributed by atoms with Gasteiger partial charge in [-0.05, 0) is 26.7 Å². The Hall–Kier alpha value is -1.14. The molecule has 0 aromatic rings. The Morgan fingerprint density at radius 2 is 2.05 bits per heavy atom. The molecule has 0 aromatic carbocycles. The molecule has 0 saturated carbocycles. The van der Waals surface area contributed by atoms with E-state index in [2.05, 4.69) is 24.1 Å². The number of nitrogens with one attached hydrogen (secondary N) is 1. The second-order valence-corrected chi connectivity index (χ2v) is 6.17. The second-order valence-electron chi connectivity index (χ2n) is 6.17. The number of piperazine rings is 1. The molecule has 3 N–H and O–H groups in total. The van der Waals surface area contributed by atoms with Gasteiger partial charge in [0.05, 0.1) is 12.5 Å². The first kappa shape index (κ1) is 15.3. The summed E-state index contributed by atoms with van der Waals surface area (Å²) in [6.45, 7) is 7.75. The number of primary amides is 1. The lowest BCUT2D eigenvalue weighted by atomic mass is 9.97. The first-order chi connectivity index (χ1) is 9.47. The van der Waals surface area contributed by atoms with Crippen LogP contribution < -0.4 is 11.1 Å². The number of hydrogen-bond donors (Lipinski definition) is 2. The van der Waals surface area contributed by atoms with E-state index in [-0.39, 0.29) is 17.7 Å². The van der Waals surface area contributed by atoms with Crippen LogP contribution in [0.5, 0.6) is 0 Å². The van der Waals surface area contributed by atoms with Crippen LogP contribution in [-0.2, 0) is 9.59 Å². The van der Waals surface area contributed by atoms with Gasteiger partial charge in [0.2, 0.25) is 11.8 Å². The minimum atomic E-state index is -0.285. The maximum atomic E-state index is 12.4. The van der Waals surface area contributed by atoms with Crippen molar-refractivity contribution in [1.29, 1.82) is 0 Å². The van der Waals surface area contributed by atoms with Crippen molar-refractivity contribution in [3.63, 3.8) is 0 Å². The average Bonchev–Trinajstić information content (AvgIpc) is 2.43. The molecule has 0 spiro atoms. The van der Waals surface area contributed by atoms with Crippen molar-refractivity contribution in [3.05, 3.63) is 0 Å². The molecule has 0 radical (unpaired) electrons. The summed E-state index contributed by atoms with van der Waals surface area (Å²) in [4.78, 5) is 27.7. The minimum absolute atomic E-state index is 0.122. The van der Waals surface area contributed by atoms with Crippen LogP contribution in [0.4, 0.5) is 0 Å². The minimum Gasteiger partial charge on any atom is -0.369 e. The van der Waals surface area contributed by atoms with E-state index in [0.717, 1.165) is 32.5 Å². The van der Waals surface area contributed by atoms with Crippen LogP contribution in [0.25, 0.3) is 0 Å². The van der Waals surface area contributed by atoms with Crippen LogP contribution in [-0.4, -0.2) is 66.4 Å². The van der Waals surface area contributed by atoms with Gasteiger partial charge in [-0.3, -0.25) is 14.5 Å². The summed E-state index contributed by atoms with van der Waals surface area (Å²) >= 11 is 0. The maximum Gasteiger partial charge on any atom is 0.236 e. The van der Waals surface area contributed by atoms with Crippen LogP contribution in [0, 0.1) is 5.92 Å². The molecule has 0 bridgehead atoms. The molecule has 2 aliphatic heterocycles. The fraction of sp³-hybridized carbons (Fsp3) is 0.857. The summed E-state index contributed by atoms with van der Waals surface area (Å²) < 4.78 is 0. The molecule has 2 amide bonds. The predicted molar refractivity (Wildman–Crippen MR) is 77.0 cm³/mol. The summed E-state index contributed by atoms with van der Waals surface area (Å²) in [6, 6.07) is 0.783. The standard InChI is InChI=1S/C14H26N4O2/c1-10-7-18(11(2)6-16-10)9-13(19)17-5-3-4-12(8-17)14(15)20/h10-12,16H,3-9H2,1-2H3,(H2,15,20). The maximum absolute atomic E-state index is 12.4. The molecular formula is C14H26N4O2. The highest BCUT2D eigenvalue weighted by Gasteiger charge is 2.30. The predicted octanol–water partition coefficient (Wildman–Crippen LogP) is -0.607. The number of hydrogen-bond acceptors (Lipinski definition) is 4. The lowest BCUT2D eigenvalue weighted by molar-refractivity contribution is -0.136. The van der Waals surface area contributed by atoms with E-state index in [1.54, 1.807) is 4.90 Å². The molecule has 20 heavy (non-hydrogen) atoms. The smallest absolute Gasteiger partial charge is 0.236 e. The molecule has 114 valence electrons. The van der Waals surface area contributed by atoms with Gasteiger partial charge in [0.1, 0.15) is 0 Å². The molecule has 3 atom stereocenters. The fourth-order valence-electron chi connectivity index (χ4n) is 3.03. The summed E-state index contributed by atoms with van der Waals surface area (Å²) in [5, 5.41) is 3.41. The largest absolute Gasteiger partial charge is 0.369 e. The Morgan fingerprint density at radius 3 is 2.75 bits per heavy atom. The molecule has 3 unspecified atom stereocenters. The number of nitrogens with two attached hydrogens (primary N) is 1. The van der Waals surface area contributed by atoms with Crippen LogP contribution in [0.1, 0.15) is 26.7 Å². The quantitative estimate of drug-likeness (QED) is 0.724. The fourth-order valence-corrected chi connectivity index (χ4v) is 3.03. The summed E-state index contributed by atoms with van der Waals surface area (Å²) in [6.07, 6.45) is 1.67. The van der Waals surface area contributed by atoms with E-state index in [1.165, 1.54) is 0 Å². The Morgan fingerprint density at radius 1 is 1.30 bits per heavy atom. The third kappa shape index (κ3) is 3.70. The van der Waals surface area contributed by atoms with Gasteiger partial charge < -0.3 is 16.0 Å². The monoisotopic (exact) mass is 282 g/mol. The first-order valence-electron chi connectivity index (χ1n) is 7.52. The average molecular weight is 282 g/mol. The van der Waals surface area contributed by atoms with Crippen molar-refractivity contribution in [3.8, 4) is 0 Å². The number of rotatable bonds is 3. The van der Waals surface area contributed by atoms with Crippen molar-refractivity contribution >= 4 is 11.8 Å². The number of amides is 2. The summed E-state index contributed by atoms with van der Waals surface area (Å²) in [7, 11) is 0. The Labute approximate surface area is 120 Å². The molecule has 2 heterocycles. The number of carbonyl (C=O) groups excluding carboxylic acids is 2. The lowest BCUT2D eigenvalue weighted by Gasteiger charge is -2.39. The van der Waals surface area contributed by atoms with Crippen molar-refractivity contribution in [1.82, 2.24) is 15.1 Å². The molecule has 6 heteroatoms. The molecular weight excluding hydrogens is 256 g/mol. The van der Waals surface area contributed by atoms with E-state index < -0.39 is 0 Å². The van der Waals surface area contributed by atoms with Gasteiger partial charge in [0, 0.05) is 38.3 Å².